The first-order chi connectivity index (χ1) is 18.8. The zero-order valence-electron chi connectivity index (χ0n) is 22.2. The summed E-state index contributed by atoms with van der Waals surface area (Å²) in [6.45, 7) is 0. The summed E-state index contributed by atoms with van der Waals surface area (Å²) < 4.78 is 17.6. The molecule has 0 unspecified atom stereocenters. The summed E-state index contributed by atoms with van der Waals surface area (Å²) in [6.07, 6.45) is 4.64. The minimum Gasteiger partial charge on any atom is -0.497 e. The molecule has 5 rings (SSSR count). The second-order valence-electron chi connectivity index (χ2n) is 9.49. The van der Waals surface area contributed by atoms with Gasteiger partial charge in [0.15, 0.2) is 17.3 Å². The Morgan fingerprint density at radius 1 is 0.949 bits per heavy atom. The van der Waals surface area contributed by atoms with Crippen LogP contribution < -0.4 is 36.3 Å². The summed E-state index contributed by atoms with van der Waals surface area (Å²) in [6, 6.07) is 12.6. The minimum atomic E-state index is -0.721. The molecule has 0 spiro atoms. The lowest BCUT2D eigenvalue weighted by molar-refractivity contribution is 0.100. The third kappa shape index (κ3) is 5.36. The first-order valence-corrected chi connectivity index (χ1v) is 12.6. The molecular formula is C27H32N8O4. The fourth-order valence-electron chi connectivity index (χ4n) is 4.77. The number of amides is 1. The van der Waals surface area contributed by atoms with Gasteiger partial charge in [0.1, 0.15) is 22.8 Å². The number of methoxy groups -OCH3 is 3. The van der Waals surface area contributed by atoms with E-state index in [4.69, 9.17) is 40.7 Å². The van der Waals surface area contributed by atoms with Crippen LogP contribution in [0.1, 0.15) is 42.5 Å². The van der Waals surface area contributed by atoms with Crippen molar-refractivity contribution >= 4 is 29.0 Å². The minimum absolute atomic E-state index is 0.0682. The van der Waals surface area contributed by atoms with Gasteiger partial charge >= 0.3 is 0 Å². The van der Waals surface area contributed by atoms with Crippen molar-refractivity contribution in [1.29, 1.82) is 0 Å². The SMILES string of the molecule is COc1cc(Nc2nc(NC3(N)CCCCC3)n3nc(-c4cccc(OC)c4)nc3c2C(N)=O)cc(OC)c1. The number of nitrogens with zero attached hydrogens (tertiary/aromatic N) is 4. The van der Waals surface area contributed by atoms with E-state index in [9.17, 15) is 4.79 Å². The smallest absolute Gasteiger partial charge is 0.256 e. The molecule has 1 fully saturated rings. The maximum atomic E-state index is 12.8. The van der Waals surface area contributed by atoms with Crippen LogP contribution in [0.2, 0.25) is 0 Å². The number of hydrogen-bond donors (Lipinski definition) is 4. The average Bonchev–Trinajstić information content (AvgIpc) is 3.38. The molecule has 4 aromatic rings. The monoisotopic (exact) mass is 532 g/mol. The number of hydrogen-bond acceptors (Lipinski definition) is 10. The molecule has 0 aliphatic heterocycles. The van der Waals surface area contributed by atoms with E-state index in [1.165, 1.54) is 4.52 Å². The van der Waals surface area contributed by atoms with Crippen LogP contribution in [-0.2, 0) is 0 Å². The van der Waals surface area contributed by atoms with Crippen LogP contribution in [0.5, 0.6) is 17.2 Å². The molecule has 39 heavy (non-hydrogen) atoms. The maximum absolute atomic E-state index is 12.8. The van der Waals surface area contributed by atoms with Crippen LogP contribution >= 0.6 is 0 Å². The van der Waals surface area contributed by atoms with Crippen molar-refractivity contribution in [2.45, 2.75) is 37.8 Å². The van der Waals surface area contributed by atoms with Crippen LogP contribution in [0, 0.1) is 0 Å². The number of nitrogens with two attached hydrogens (primary N) is 2. The lowest BCUT2D eigenvalue weighted by Crippen LogP contribution is -2.49. The number of primary amides is 1. The number of ether oxygens (including phenoxy) is 3. The number of carbonyl (C=O) groups excluding carboxylic acids is 1. The molecule has 2 heterocycles. The molecule has 12 nitrogen and oxygen atoms in total. The zero-order valence-corrected chi connectivity index (χ0v) is 22.2. The van der Waals surface area contributed by atoms with Gasteiger partial charge in [-0.25, -0.2) is 4.98 Å². The number of aromatic nitrogens is 4. The Morgan fingerprint density at radius 2 is 1.64 bits per heavy atom. The number of benzene rings is 2. The van der Waals surface area contributed by atoms with Crippen LogP contribution in [0.25, 0.3) is 17.0 Å². The third-order valence-corrected chi connectivity index (χ3v) is 6.78. The van der Waals surface area contributed by atoms with Crippen LogP contribution in [0.15, 0.2) is 42.5 Å². The predicted octanol–water partition coefficient (Wildman–Crippen LogP) is 3.69. The van der Waals surface area contributed by atoms with E-state index in [-0.39, 0.29) is 17.0 Å². The normalized spacial score (nSPS) is 14.6. The average molecular weight is 533 g/mol. The second-order valence-corrected chi connectivity index (χ2v) is 9.49. The molecule has 0 atom stereocenters. The highest BCUT2D eigenvalue weighted by Crippen LogP contribution is 2.33. The van der Waals surface area contributed by atoms with Crippen molar-refractivity contribution in [3.8, 4) is 28.6 Å². The van der Waals surface area contributed by atoms with Crippen molar-refractivity contribution in [3.63, 3.8) is 0 Å². The number of anilines is 3. The van der Waals surface area contributed by atoms with Crippen LogP contribution in [0.3, 0.4) is 0 Å². The van der Waals surface area contributed by atoms with Gasteiger partial charge in [-0.15, -0.1) is 5.10 Å². The molecule has 204 valence electrons. The maximum Gasteiger partial charge on any atom is 0.256 e. The molecule has 2 aromatic carbocycles. The highest BCUT2D eigenvalue weighted by molar-refractivity contribution is 6.04. The highest BCUT2D eigenvalue weighted by Gasteiger charge is 2.31. The van der Waals surface area contributed by atoms with E-state index in [2.05, 4.69) is 10.6 Å². The van der Waals surface area contributed by atoms with Gasteiger partial charge in [-0.1, -0.05) is 18.6 Å². The van der Waals surface area contributed by atoms with Gasteiger partial charge in [0, 0.05) is 29.4 Å². The third-order valence-electron chi connectivity index (χ3n) is 6.78. The largest absolute Gasteiger partial charge is 0.497 e. The molecule has 0 radical (unpaired) electrons. The highest BCUT2D eigenvalue weighted by atomic mass is 16.5. The first kappa shape index (κ1) is 26.0. The van der Waals surface area contributed by atoms with Crippen LogP contribution in [0.4, 0.5) is 17.5 Å². The van der Waals surface area contributed by atoms with E-state index < -0.39 is 11.6 Å². The van der Waals surface area contributed by atoms with E-state index >= 15 is 0 Å². The van der Waals surface area contributed by atoms with Gasteiger partial charge in [-0.3, -0.25) is 4.79 Å². The number of fused-ring (bicyclic) bond motifs is 1. The van der Waals surface area contributed by atoms with E-state index in [0.717, 1.165) is 32.1 Å². The predicted molar refractivity (Wildman–Crippen MR) is 148 cm³/mol. The fraction of sp³-hybridized carbons (Fsp3) is 0.333. The van der Waals surface area contributed by atoms with Crippen molar-refractivity contribution in [2.75, 3.05) is 32.0 Å². The lowest BCUT2D eigenvalue weighted by atomic mass is 9.90. The summed E-state index contributed by atoms with van der Waals surface area (Å²) in [5.74, 6) is 1.94. The second kappa shape index (κ2) is 10.7. The van der Waals surface area contributed by atoms with Gasteiger partial charge < -0.3 is 36.3 Å². The summed E-state index contributed by atoms with van der Waals surface area (Å²) >= 11 is 0. The number of nitrogens with one attached hydrogen (secondary N) is 2. The van der Waals surface area contributed by atoms with Gasteiger partial charge in [0.05, 0.1) is 27.0 Å². The molecule has 1 amide bonds. The number of rotatable bonds is 9. The summed E-state index contributed by atoms with van der Waals surface area (Å²) in [5, 5.41) is 11.3. The Bertz CT molecular complexity index is 1490. The Balaban J connectivity index is 1.69. The molecule has 12 heteroatoms. The molecule has 0 bridgehead atoms. The van der Waals surface area contributed by atoms with Gasteiger partial charge in [0.2, 0.25) is 5.95 Å². The molecule has 0 saturated heterocycles. The van der Waals surface area contributed by atoms with Crippen molar-refractivity contribution in [1.82, 2.24) is 19.6 Å². The van der Waals surface area contributed by atoms with Crippen molar-refractivity contribution in [3.05, 3.63) is 48.0 Å². The Hall–Kier alpha value is -4.58. The van der Waals surface area contributed by atoms with Gasteiger partial charge in [-0.05, 0) is 37.8 Å². The summed E-state index contributed by atoms with van der Waals surface area (Å²) in [7, 11) is 4.70. The Kier molecular flexibility index (Phi) is 7.11. The quantitative estimate of drug-likeness (QED) is 0.234. The zero-order chi connectivity index (χ0) is 27.6. The lowest BCUT2D eigenvalue weighted by Gasteiger charge is -2.34. The molecule has 2 aromatic heterocycles. The van der Waals surface area contributed by atoms with Gasteiger partial charge in [-0.2, -0.15) is 9.50 Å². The molecule has 6 N–H and O–H groups in total. The molecule has 1 saturated carbocycles. The number of carbonyl (C=O) groups is 1. The van der Waals surface area contributed by atoms with E-state index in [1.807, 2.05) is 24.3 Å². The summed E-state index contributed by atoms with van der Waals surface area (Å²) in [5.41, 5.74) is 13.5. The van der Waals surface area contributed by atoms with Crippen molar-refractivity contribution in [2.24, 2.45) is 11.5 Å². The first-order valence-electron chi connectivity index (χ1n) is 12.6. The Labute approximate surface area is 225 Å². The van der Waals surface area contributed by atoms with Crippen molar-refractivity contribution < 1.29 is 19.0 Å². The topological polar surface area (TPSA) is 164 Å². The fourth-order valence-corrected chi connectivity index (χ4v) is 4.77. The van der Waals surface area contributed by atoms with Gasteiger partial charge in [0.25, 0.3) is 5.91 Å². The Morgan fingerprint density at radius 3 is 2.28 bits per heavy atom. The molecular weight excluding hydrogens is 500 g/mol. The van der Waals surface area contributed by atoms with Crippen LogP contribution in [-0.4, -0.2) is 52.5 Å². The molecule has 1 aliphatic rings. The molecule has 1 aliphatic carbocycles. The van der Waals surface area contributed by atoms with E-state index in [0.29, 0.717) is 40.3 Å². The summed E-state index contributed by atoms with van der Waals surface area (Å²) in [4.78, 5) is 22.3. The van der Waals surface area contributed by atoms with E-state index in [1.54, 1.807) is 39.5 Å². The standard InChI is InChI=1S/C27H32N8O4/c1-37-18-9-7-8-16(12-18)23-31-25-21(22(28)36)24(30-17-13-19(38-2)15-20(14-17)39-3)32-26(35(25)34-23)33-27(29)10-5-4-6-11-27/h7-9,12-15,30H,4-6,10-11,29H2,1-3H3,(H2,28,36)(H,32,33).